The third-order valence-electron chi connectivity index (χ3n) is 6.93. The Kier molecular flexibility index (Phi) is 6.09. The average Bonchev–Trinajstić information content (AvgIpc) is 3.21. The van der Waals surface area contributed by atoms with Crippen molar-refractivity contribution in [1.82, 2.24) is 9.80 Å². The molecule has 3 aromatic rings. The van der Waals surface area contributed by atoms with E-state index in [2.05, 4.69) is 9.80 Å². The minimum atomic E-state index is -2.90. The van der Waals surface area contributed by atoms with E-state index in [0.717, 1.165) is 31.7 Å². The first kappa shape index (κ1) is 22.9. The molecule has 5 rings (SSSR count). The molecule has 180 valence electrons. The van der Waals surface area contributed by atoms with Gasteiger partial charge in [-0.05, 0) is 36.2 Å². The number of rotatable bonds is 5. The third kappa shape index (κ3) is 4.43. The first-order chi connectivity index (χ1) is 16.3. The maximum Gasteiger partial charge on any atom is 0.200 e. The van der Waals surface area contributed by atoms with Crippen LogP contribution in [0.3, 0.4) is 0 Å². The van der Waals surface area contributed by atoms with Gasteiger partial charge in [0.15, 0.2) is 9.84 Å². The highest BCUT2D eigenvalue weighted by Gasteiger charge is 2.33. The summed E-state index contributed by atoms with van der Waals surface area (Å²) < 4.78 is 34.7. The molecule has 9 heteroatoms. The minimum absolute atomic E-state index is 0.0946. The molecule has 8 nitrogen and oxygen atoms in total. The van der Waals surface area contributed by atoms with Crippen molar-refractivity contribution in [3.8, 4) is 22.6 Å². The topological polar surface area (TPSA) is 100 Å². The van der Waals surface area contributed by atoms with Crippen molar-refractivity contribution in [3.63, 3.8) is 0 Å². The Hall–Kier alpha value is -2.88. The normalized spacial score (nSPS) is 21.1. The molecule has 0 amide bonds. The molecule has 0 bridgehead atoms. The van der Waals surface area contributed by atoms with E-state index in [9.17, 15) is 18.3 Å². The first-order valence-corrected chi connectivity index (χ1v) is 13.2. The van der Waals surface area contributed by atoms with Crippen LogP contribution >= 0.6 is 0 Å². The molecule has 0 aliphatic carbocycles. The van der Waals surface area contributed by atoms with Crippen molar-refractivity contribution >= 4 is 20.8 Å². The molecule has 0 saturated carbocycles. The van der Waals surface area contributed by atoms with Gasteiger partial charge in [0.2, 0.25) is 5.43 Å². The van der Waals surface area contributed by atoms with Crippen molar-refractivity contribution in [2.24, 2.45) is 0 Å². The van der Waals surface area contributed by atoms with Crippen LogP contribution < -0.4 is 10.2 Å². The van der Waals surface area contributed by atoms with Gasteiger partial charge in [-0.3, -0.25) is 14.6 Å². The van der Waals surface area contributed by atoms with E-state index in [1.807, 2.05) is 12.1 Å². The molecule has 1 atom stereocenters. The molecule has 2 fully saturated rings. The lowest BCUT2D eigenvalue weighted by molar-refractivity contribution is 0.0996. The summed E-state index contributed by atoms with van der Waals surface area (Å²) in [6.07, 6.45) is 2.15. The Bertz CT molecular complexity index is 1360. The number of phenols is 1. The molecule has 0 spiro atoms. The van der Waals surface area contributed by atoms with E-state index in [4.69, 9.17) is 9.15 Å². The molecule has 2 saturated heterocycles. The summed E-state index contributed by atoms with van der Waals surface area (Å²) in [4.78, 5) is 17.7. The minimum Gasteiger partial charge on any atom is -0.507 e. The summed E-state index contributed by atoms with van der Waals surface area (Å²) >= 11 is 0. The average molecular weight is 485 g/mol. The van der Waals surface area contributed by atoms with Crippen LogP contribution in [0.4, 0.5) is 0 Å². The predicted octanol–water partition coefficient (Wildman–Crippen LogP) is 2.48. The number of methoxy groups -OCH3 is 1. The quantitative estimate of drug-likeness (QED) is 0.590. The number of benzene rings is 2. The standard InChI is InChI=1S/C25H28N2O6S/c1-32-19-4-2-17(3-5-19)22-15-33-25-20(24(22)29)6-7-23(28)21(25)14-26-9-11-27(12-10-26)18-8-13-34(30,31)16-18/h2-7,15,18,28H,8-14,16H2,1H3/t18-/m1/s1. The Labute approximate surface area is 198 Å². The van der Waals surface area contributed by atoms with Crippen molar-refractivity contribution in [3.05, 3.63) is 58.4 Å². The van der Waals surface area contributed by atoms with Crippen molar-refractivity contribution in [2.45, 2.75) is 19.0 Å². The number of hydrogen-bond acceptors (Lipinski definition) is 8. The first-order valence-electron chi connectivity index (χ1n) is 11.4. The van der Waals surface area contributed by atoms with Gasteiger partial charge in [0.05, 0.1) is 35.1 Å². The molecule has 34 heavy (non-hydrogen) atoms. The number of phenolic OH excluding ortho intramolecular Hbond substituents is 1. The lowest BCUT2D eigenvalue weighted by Crippen LogP contribution is -2.50. The summed E-state index contributed by atoms with van der Waals surface area (Å²) in [5, 5.41) is 11.0. The van der Waals surface area contributed by atoms with Gasteiger partial charge < -0.3 is 14.3 Å². The molecule has 3 heterocycles. The molecule has 1 N–H and O–H groups in total. The van der Waals surface area contributed by atoms with Crippen molar-refractivity contribution < 1.29 is 22.7 Å². The van der Waals surface area contributed by atoms with Gasteiger partial charge in [-0.1, -0.05) is 12.1 Å². The van der Waals surface area contributed by atoms with Crippen LogP contribution in [0.2, 0.25) is 0 Å². The Morgan fingerprint density at radius 1 is 1.09 bits per heavy atom. The van der Waals surface area contributed by atoms with Crippen LogP contribution in [-0.4, -0.2) is 74.2 Å². The monoisotopic (exact) mass is 484 g/mol. The second-order valence-electron chi connectivity index (χ2n) is 9.02. The molecule has 0 radical (unpaired) electrons. The molecule has 2 aromatic carbocycles. The van der Waals surface area contributed by atoms with E-state index in [1.165, 1.54) is 6.26 Å². The zero-order chi connectivity index (χ0) is 23.9. The number of piperazine rings is 1. The predicted molar refractivity (Wildman–Crippen MR) is 130 cm³/mol. The summed E-state index contributed by atoms with van der Waals surface area (Å²) in [5.41, 5.74) is 2.02. The maximum absolute atomic E-state index is 13.2. The van der Waals surface area contributed by atoms with E-state index in [1.54, 1.807) is 31.4 Å². The molecule has 2 aliphatic rings. The summed E-state index contributed by atoms with van der Waals surface area (Å²) in [6.45, 7) is 3.50. The summed E-state index contributed by atoms with van der Waals surface area (Å²) in [7, 11) is -1.32. The van der Waals surface area contributed by atoms with E-state index in [0.29, 0.717) is 40.8 Å². The highest BCUT2D eigenvalue weighted by Crippen LogP contribution is 2.30. The van der Waals surface area contributed by atoms with Crippen LogP contribution in [0.25, 0.3) is 22.1 Å². The second kappa shape index (κ2) is 9.05. The highest BCUT2D eigenvalue weighted by atomic mass is 32.2. The van der Waals surface area contributed by atoms with Crippen LogP contribution in [-0.2, 0) is 16.4 Å². The fourth-order valence-electron chi connectivity index (χ4n) is 4.94. The largest absolute Gasteiger partial charge is 0.507 e. The van der Waals surface area contributed by atoms with Gasteiger partial charge in [-0.2, -0.15) is 0 Å². The van der Waals surface area contributed by atoms with Crippen LogP contribution in [0.5, 0.6) is 11.5 Å². The maximum atomic E-state index is 13.2. The van der Waals surface area contributed by atoms with Crippen LogP contribution in [0.1, 0.15) is 12.0 Å². The van der Waals surface area contributed by atoms with Crippen molar-refractivity contribution in [2.75, 3.05) is 44.8 Å². The van der Waals surface area contributed by atoms with Gasteiger partial charge in [0, 0.05) is 38.8 Å². The second-order valence-corrected chi connectivity index (χ2v) is 11.2. The lowest BCUT2D eigenvalue weighted by atomic mass is 10.0. The third-order valence-corrected chi connectivity index (χ3v) is 8.68. The molecular formula is C25H28N2O6S. The smallest absolute Gasteiger partial charge is 0.200 e. The van der Waals surface area contributed by atoms with Gasteiger partial charge in [-0.25, -0.2) is 8.42 Å². The number of fused-ring (bicyclic) bond motifs is 1. The number of nitrogens with zero attached hydrogens (tertiary/aromatic N) is 2. The number of ether oxygens (including phenoxy) is 1. The molecule has 2 aliphatic heterocycles. The molecule has 1 aromatic heterocycles. The fourth-order valence-corrected chi connectivity index (χ4v) is 6.70. The summed E-state index contributed by atoms with van der Waals surface area (Å²) in [5.74, 6) is 1.32. The number of aromatic hydroxyl groups is 1. The van der Waals surface area contributed by atoms with Crippen molar-refractivity contribution in [1.29, 1.82) is 0 Å². The highest BCUT2D eigenvalue weighted by molar-refractivity contribution is 7.91. The lowest BCUT2D eigenvalue weighted by Gasteiger charge is -2.37. The zero-order valence-electron chi connectivity index (χ0n) is 19.1. The zero-order valence-corrected chi connectivity index (χ0v) is 19.9. The Morgan fingerprint density at radius 2 is 1.82 bits per heavy atom. The molecular weight excluding hydrogens is 456 g/mol. The SMILES string of the molecule is COc1ccc(-c2coc3c(CN4CCN([C@@H]5CCS(=O)(=O)C5)CC4)c(O)ccc3c2=O)cc1. The Morgan fingerprint density at radius 3 is 2.47 bits per heavy atom. The van der Waals surface area contributed by atoms with Crippen LogP contribution in [0, 0.1) is 0 Å². The van der Waals surface area contributed by atoms with E-state index >= 15 is 0 Å². The van der Waals surface area contributed by atoms with Gasteiger partial charge >= 0.3 is 0 Å². The molecule has 0 unspecified atom stereocenters. The van der Waals surface area contributed by atoms with Gasteiger partial charge in [-0.15, -0.1) is 0 Å². The number of hydrogen-bond donors (Lipinski definition) is 1. The van der Waals surface area contributed by atoms with E-state index < -0.39 is 9.84 Å². The van der Waals surface area contributed by atoms with Gasteiger partial charge in [0.1, 0.15) is 23.3 Å². The van der Waals surface area contributed by atoms with Gasteiger partial charge in [0.25, 0.3) is 0 Å². The summed E-state index contributed by atoms with van der Waals surface area (Å²) in [6, 6.07) is 10.5. The Balaban J connectivity index is 1.36. The fraction of sp³-hybridized carbons (Fsp3) is 0.400. The van der Waals surface area contributed by atoms with Crippen LogP contribution in [0.15, 0.2) is 51.9 Å². The van der Waals surface area contributed by atoms with E-state index in [-0.39, 0.29) is 28.7 Å². The number of sulfone groups is 1.